The number of hydrogen-bond acceptors (Lipinski definition) is 4. The largest absolute Gasteiger partial charge is 0.308 e. The Hall–Kier alpha value is -1.86. The SMILES string of the molecule is CCn1c(=S)sc2c(=O)n(Cc3ccc(F)cc3)c(C)nc21. The quantitative estimate of drug-likeness (QED) is 0.688. The molecule has 0 saturated heterocycles. The van der Waals surface area contributed by atoms with Gasteiger partial charge >= 0.3 is 0 Å². The maximum Gasteiger partial charge on any atom is 0.273 e. The van der Waals surface area contributed by atoms with E-state index in [-0.39, 0.29) is 11.4 Å². The van der Waals surface area contributed by atoms with Gasteiger partial charge in [0.05, 0.1) is 6.54 Å². The van der Waals surface area contributed by atoms with Gasteiger partial charge in [0.15, 0.2) is 9.60 Å². The summed E-state index contributed by atoms with van der Waals surface area (Å²) in [7, 11) is 0. The molecule has 2 aromatic heterocycles. The highest BCUT2D eigenvalue weighted by atomic mass is 32.1. The van der Waals surface area contributed by atoms with Crippen LogP contribution in [0.4, 0.5) is 4.39 Å². The van der Waals surface area contributed by atoms with E-state index in [1.165, 1.54) is 23.5 Å². The second-order valence-corrected chi connectivity index (χ2v) is 6.59. The molecule has 7 heteroatoms. The molecule has 3 rings (SSSR count). The number of halogens is 1. The molecule has 0 radical (unpaired) electrons. The number of aryl methyl sites for hydroxylation is 2. The zero-order valence-corrected chi connectivity index (χ0v) is 13.8. The van der Waals surface area contributed by atoms with E-state index in [0.29, 0.717) is 33.2 Å². The minimum absolute atomic E-state index is 0.102. The lowest BCUT2D eigenvalue weighted by Crippen LogP contribution is -2.24. The maximum absolute atomic E-state index is 13.0. The van der Waals surface area contributed by atoms with Gasteiger partial charge in [-0.05, 0) is 43.8 Å². The van der Waals surface area contributed by atoms with Crippen molar-refractivity contribution in [3.8, 4) is 0 Å². The number of aromatic nitrogens is 3. The standard InChI is InChI=1S/C15H14FN3OS2/c1-3-18-13-12(22-15(18)21)14(20)19(9(2)17-13)8-10-4-6-11(16)7-5-10/h4-7H,3,8H2,1-2H3. The van der Waals surface area contributed by atoms with Crippen molar-refractivity contribution < 1.29 is 4.39 Å². The predicted octanol–water partition coefficient (Wildman–Crippen LogP) is 3.50. The molecule has 0 N–H and O–H groups in total. The van der Waals surface area contributed by atoms with Crippen LogP contribution in [0.5, 0.6) is 0 Å². The van der Waals surface area contributed by atoms with Crippen molar-refractivity contribution in [3.05, 3.63) is 55.8 Å². The molecule has 0 bridgehead atoms. The fourth-order valence-corrected chi connectivity index (χ4v) is 3.78. The lowest BCUT2D eigenvalue weighted by Gasteiger charge is -2.10. The Morgan fingerprint density at radius 3 is 2.59 bits per heavy atom. The van der Waals surface area contributed by atoms with Crippen molar-refractivity contribution in [3.63, 3.8) is 0 Å². The van der Waals surface area contributed by atoms with Gasteiger partial charge in [-0.25, -0.2) is 9.37 Å². The first-order chi connectivity index (χ1) is 10.5. The molecule has 0 aliphatic carbocycles. The summed E-state index contributed by atoms with van der Waals surface area (Å²) >= 11 is 6.58. The van der Waals surface area contributed by atoms with Gasteiger partial charge in [-0.3, -0.25) is 9.36 Å². The summed E-state index contributed by atoms with van der Waals surface area (Å²) in [6, 6.07) is 6.12. The Morgan fingerprint density at radius 1 is 1.27 bits per heavy atom. The van der Waals surface area contributed by atoms with Crippen LogP contribution in [0.2, 0.25) is 0 Å². The summed E-state index contributed by atoms with van der Waals surface area (Å²) < 4.78 is 17.7. The first-order valence-electron chi connectivity index (χ1n) is 6.86. The number of thiazole rings is 1. The third-order valence-electron chi connectivity index (χ3n) is 3.54. The van der Waals surface area contributed by atoms with Gasteiger partial charge < -0.3 is 4.57 Å². The zero-order valence-electron chi connectivity index (χ0n) is 12.2. The Bertz CT molecular complexity index is 954. The third kappa shape index (κ3) is 2.50. The Kier molecular flexibility index (Phi) is 3.92. The predicted molar refractivity (Wildman–Crippen MR) is 88.6 cm³/mol. The topological polar surface area (TPSA) is 39.8 Å². The highest BCUT2D eigenvalue weighted by Crippen LogP contribution is 2.19. The molecular formula is C15H14FN3OS2. The molecule has 1 aromatic carbocycles. The van der Waals surface area contributed by atoms with E-state index >= 15 is 0 Å². The van der Waals surface area contributed by atoms with Crippen molar-refractivity contribution in [2.75, 3.05) is 0 Å². The molecule has 0 fully saturated rings. The summed E-state index contributed by atoms with van der Waals surface area (Å²) in [5.74, 6) is 0.330. The summed E-state index contributed by atoms with van der Waals surface area (Å²) in [4.78, 5) is 17.2. The maximum atomic E-state index is 13.0. The number of fused-ring (bicyclic) bond motifs is 1. The minimum atomic E-state index is -0.292. The summed E-state index contributed by atoms with van der Waals surface area (Å²) in [6.45, 7) is 4.82. The molecule has 114 valence electrons. The lowest BCUT2D eigenvalue weighted by molar-refractivity contribution is 0.625. The van der Waals surface area contributed by atoms with Crippen LogP contribution in [0.25, 0.3) is 10.3 Å². The van der Waals surface area contributed by atoms with E-state index < -0.39 is 0 Å². The number of hydrogen-bond donors (Lipinski definition) is 0. The van der Waals surface area contributed by atoms with Gasteiger partial charge in [0.1, 0.15) is 16.3 Å². The summed E-state index contributed by atoms with van der Waals surface area (Å²) in [5, 5.41) is 0. The Balaban J connectivity index is 2.16. The second kappa shape index (κ2) is 5.73. The van der Waals surface area contributed by atoms with E-state index in [0.717, 1.165) is 5.56 Å². The van der Waals surface area contributed by atoms with Gasteiger partial charge in [-0.2, -0.15) is 0 Å². The normalized spacial score (nSPS) is 11.2. The molecule has 3 aromatic rings. The first kappa shape index (κ1) is 15.1. The van der Waals surface area contributed by atoms with Crippen LogP contribution in [-0.4, -0.2) is 14.1 Å². The van der Waals surface area contributed by atoms with Crippen LogP contribution in [0.3, 0.4) is 0 Å². The van der Waals surface area contributed by atoms with Gasteiger partial charge in [0.2, 0.25) is 0 Å². The molecular weight excluding hydrogens is 321 g/mol. The molecule has 0 unspecified atom stereocenters. The molecule has 22 heavy (non-hydrogen) atoms. The molecule has 0 spiro atoms. The van der Waals surface area contributed by atoms with Crippen LogP contribution < -0.4 is 5.56 Å². The minimum Gasteiger partial charge on any atom is -0.308 e. The molecule has 0 atom stereocenters. The van der Waals surface area contributed by atoms with Crippen LogP contribution in [0.15, 0.2) is 29.1 Å². The van der Waals surface area contributed by atoms with E-state index in [1.807, 2.05) is 11.5 Å². The Labute approximate surface area is 135 Å². The molecule has 0 aliphatic rings. The van der Waals surface area contributed by atoms with Crippen molar-refractivity contribution in [1.82, 2.24) is 14.1 Å². The van der Waals surface area contributed by atoms with E-state index in [9.17, 15) is 9.18 Å². The molecule has 0 amide bonds. The fourth-order valence-electron chi connectivity index (χ4n) is 2.37. The van der Waals surface area contributed by atoms with Crippen LogP contribution in [0.1, 0.15) is 18.3 Å². The number of nitrogens with zero attached hydrogens (tertiary/aromatic N) is 3. The van der Waals surface area contributed by atoms with Crippen molar-refractivity contribution in [1.29, 1.82) is 0 Å². The number of rotatable bonds is 3. The monoisotopic (exact) mass is 335 g/mol. The van der Waals surface area contributed by atoms with Gasteiger partial charge in [-0.15, -0.1) is 0 Å². The highest BCUT2D eigenvalue weighted by molar-refractivity contribution is 7.73. The second-order valence-electron chi connectivity index (χ2n) is 4.94. The van der Waals surface area contributed by atoms with E-state index in [4.69, 9.17) is 12.2 Å². The summed E-state index contributed by atoms with van der Waals surface area (Å²) in [5.41, 5.74) is 1.40. The average Bonchev–Trinajstić information content (AvgIpc) is 2.81. The summed E-state index contributed by atoms with van der Waals surface area (Å²) in [6.07, 6.45) is 0. The Morgan fingerprint density at radius 2 is 1.95 bits per heavy atom. The smallest absolute Gasteiger partial charge is 0.273 e. The first-order valence-corrected chi connectivity index (χ1v) is 8.09. The lowest BCUT2D eigenvalue weighted by atomic mass is 10.2. The average molecular weight is 335 g/mol. The molecule has 2 heterocycles. The molecule has 4 nitrogen and oxygen atoms in total. The van der Waals surface area contributed by atoms with Crippen LogP contribution >= 0.6 is 23.6 Å². The fraction of sp³-hybridized carbons (Fsp3) is 0.267. The van der Waals surface area contributed by atoms with Gasteiger partial charge in [0.25, 0.3) is 5.56 Å². The third-order valence-corrected chi connectivity index (χ3v) is 4.96. The van der Waals surface area contributed by atoms with Gasteiger partial charge in [0, 0.05) is 6.54 Å². The molecule has 0 aliphatic heterocycles. The zero-order chi connectivity index (χ0) is 15.9. The van der Waals surface area contributed by atoms with Crippen molar-refractivity contribution in [2.24, 2.45) is 0 Å². The molecule has 0 saturated carbocycles. The number of benzene rings is 1. The van der Waals surface area contributed by atoms with E-state index in [1.54, 1.807) is 23.6 Å². The van der Waals surface area contributed by atoms with Gasteiger partial charge in [-0.1, -0.05) is 23.5 Å². The van der Waals surface area contributed by atoms with Crippen molar-refractivity contribution in [2.45, 2.75) is 26.9 Å². The van der Waals surface area contributed by atoms with Crippen molar-refractivity contribution >= 4 is 33.9 Å². The van der Waals surface area contributed by atoms with Crippen LogP contribution in [-0.2, 0) is 13.1 Å². The van der Waals surface area contributed by atoms with Crippen LogP contribution in [0, 0.1) is 16.7 Å². The van der Waals surface area contributed by atoms with E-state index in [2.05, 4.69) is 4.98 Å². The highest BCUT2D eigenvalue weighted by Gasteiger charge is 2.14.